The molecule has 1 saturated heterocycles. The Hall–Kier alpha value is -1.42. The van der Waals surface area contributed by atoms with E-state index in [0.717, 1.165) is 31.6 Å². The summed E-state index contributed by atoms with van der Waals surface area (Å²) in [7, 11) is 0. The van der Waals surface area contributed by atoms with Crippen molar-refractivity contribution in [1.29, 1.82) is 0 Å². The third-order valence-corrected chi connectivity index (χ3v) is 4.51. The van der Waals surface area contributed by atoms with E-state index in [9.17, 15) is 4.79 Å². The van der Waals surface area contributed by atoms with Gasteiger partial charge < -0.3 is 10.2 Å². The van der Waals surface area contributed by atoms with Crippen LogP contribution in [0.25, 0.3) is 0 Å². The molecule has 0 saturated carbocycles. The standard InChI is InChI=1S/C16H25N3O/c1-4-19(11-14-5-8-17-9-6-14)15(20)16(13(2)3)7-10-18-12-16/h5-6,8-9,13,18H,4,7,10-12H2,1-3H3. The molecule has 4 nitrogen and oxygen atoms in total. The molecule has 2 heterocycles. The van der Waals surface area contributed by atoms with Crippen molar-refractivity contribution < 1.29 is 4.79 Å². The maximum atomic E-state index is 13.0. The highest BCUT2D eigenvalue weighted by molar-refractivity contribution is 5.83. The molecule has 20 heavy (non-hydrogen) atoms. The zero-order valence-electron chi connectivity index (χ0n) is 12.7. The first-order valence-corrected chi connectivity index (χ1v) is 7.49. The fraction of sp³-hybridized carbons (Fsp3) is 0.625. The molecular weight excluding hydrogens is 250 g/mol. The first-order chi connectivity index (χ1) is 9.60. The highest BCUT2D eigenvalue weighted by Gasteiger charge is 2.45. The summed E-state index contributed by atoms with van der Waals surface area (Å²) in [4.78, 5) is 19.0. The highest BCUT2D eigenvalue weighted by atomic mass is 16.2. The molecule has 0 spiro atoms. The van der Waals surface area contributed by atoms with Gasteiger partial charge in [0.2, 0.25) is 5.91 Å². The number of nitrogens with one attached hydrogen (secondary N) is 1. The van der Waals surface area contributed by atoms with Crippen molar-refractivity contribution >= 4 is 5.91 Å². The van der Waals surface area contributed by atoms with E-state index in [1.54, 1.807) is 12.4 Å². The average molecular weight is 275 g/mol. The Morgan fingerprint density at radius 1 is 1.45 bits per heavy atom. The van der Waals surface area contributed by atoms with Crippen molar-refractivity contribution in [1.82, 2.24) is 15.2 Å². The molecule has 0 bridgehead atoms. The number of carbonyl (C=O) groups is 1. The third-order valence-electron chi connectivity index (χ3n) is 4.51. The molecule has 2 rings (SSSR count). The largest absolute Gasteiger partial charge is 0.338 e. The van der Waals surface area contributed by atoms with Crippen LogP contribution in [0.1, 0.15) is 32.8 Å². The molecule has 0 aliphatic carbocycles. The summed E-state index contributed by atoms with van der Waals surface area (Å²) in [5.41, 5.74) is 0.906. The van der Waals surface area contributed by atoms with Gasteiger partial charge in [-0.3, -0.25) is 9.78 Å². The lowest BCUT2D eigenvalue weighted by Crippen LogP contribution is -2.48. The van der Waals surface area contributed by atoms with Crippen LogP contribution in [0.15, 0.2) is 24.5 Å². The van der Waals surface area contributed by atoms with Crippen LogP contribution in [0.3, 0.4) is 0 Å². The van der Waals surface area contributed by atoms with Crippen molar-refractivity contribution in [3.05, 3.63) is 30.1 Å². The van der Waals surface area contributed by atoms with E-state index < -0.39 is 0 Å². The fourth-order valence-corrected chi connectivity index (χ4v) is 2.98. The maximum Gasteiger partial charge on any atom is 0.230 e. The van der Waals surface area contributed by atoms with Crippen molar-refractivity contribution in [2.75, 3.05) is 19.6 Å². The smallest absolute Gasteiger partial charge is 0.230 e. The van der Waals surface area contributed by atoms with E-state index in [1.165, 1.54) is 0 Å². The van der Waals surface area contributed by atoms with Gasteiger partial charge in [0, 0.05) is 32.0 Å². The molecule has 1 unspecified atom stereocenters. The van der Waals surface area contributed by atoms with Crippen LogP contribution < -0.4 is 5.32 Å². The van der Waals surface area contributed by atoms with Crippen molar-refractivity contribution in [3.63, 3.8) is 0 Å². The Morgan fingerprint density at radius 2 is 2.15 bits per heavy atom. The van der Waals surface area contributed by atoms with E-state index in [-0.39, 0.29) is 11.3 Å². The molecule has 0 aromatic carbocycles. The second-order valence-electron chi connectivity index (χ2n) is 5.91. The molecule has 1 atom stereocenters. The molecule has 1 aliphatic heterocycles. The number of amides is 1. The van der Waals surface area contributed by atoms with Gasteiger partial charge in [0.25, 0.3) is 0 Å². The van der Waals surface area contributed by atoms with Crippen LogP contribution >= 0.6 is 0 Å². The Morgan fingerprint density at radius 3 is 2.65 bits per heavy atom. The van der Waals surface area contributed by atoms with Gasteiger partial charge in [-0.1, -0.05) is 13.8 Å². The average Bonchev–Trinajstić information content (AvgIpc) is 2.96. The van der Waals surface area contributed by atoms with Crippen LogP contribution in [0.4, 0.5) is 0 Å². The summed E-state index contributed by atoms with van der Waals surface area (Å²) in [6.45, 7) is 9.53. The van der Waals surface area contributed by atoms with E-state index in [4.69, 9.17) is 0 Å². The molecular formula is C16H25N3O. The Labute approximate surface area is 121 Å². The van der Waals surface area contributed by atoms with Crippen molar-refractivity contribution in [2.45, 2.75) is 33.7 Å². The first-order valence-electron chi connectivity index (χ1n) is 7.49. The monoisotopic (exact) mass is 275 g/mol. The number of carbonyl (C=O) groups excluding carboxylic acids is 1. The zero-order chi connectivity index (χ0) is 14.6. The van der Waals surface area contributed by atoms with Crippen LogP contribution in [0.2, 0.25) is 0 Å². The SMILES string of the molecule is CCN(Cc1ccncc1)C(=O)C1(C(C)C)CCNC1. The lowest BCUT2D eigenvalue weighted by atomic mass is 9.75. The summed E-state index contributed by atoms with van der Waals surface area (Å²) in [6.07, 6.45) is 4.50. The van der Waals surface area contributed by atoms with E-state index in [1.807, 2.05) is 17.0 Å². The predicted octanol–water partition coefficient (Wildman–Crippen LogP) is 2.07. The summed E-state index contributed by atoms with van der Waals surface area (Å²) < 4.78 is 0. The lowest BCUT2D eigenvalue weighted by molar-refractivity contribution is -0.144. The maximum absolute atomic E-state index is 13.0. The predicted molar refractivity (Wildman–Crippen MR) is 80.1 cm³/mol. The molecule has 1 N–H and O–H groups in total. The highest BCUT2D eigenvalue weighted by Crippen LogP contribution is 2.36. The summed E-state index contributed by atoms with van der Waals surface area (Å²) in [6, 6.07) is 3.95. The molecule has 110 valence electrons. The summed E-state index contributed by atoms with van der Waals surface area (Å²) in [5, 5.41) is 3.36. The van der Waals surface area contributed by atoms with Gasteiger partial charge in [0.15, 0.2) is 0 Å². The fourth-order valence-electron chi connectivity index (χ4n) is 2.98. The van der Waals surface area contributed by atoms with Gasteiger partial charge in [-0.15, -0.1) is 0 Å². The van der Waals surface area contributed by atoms with Gasteiger partial charge in [-0.05, 0) is 43.5 Å². The number of nitrogens with zero attached hydrogens (tertiary/aromatic N) is 2. The molecule has 1 aromatic heterocycles. The number of rotatable bonds is 5. The minimum atomic E-state index is -0.233. The minimum absolute atomic E-state index is 0.233. The van der Waals surface area contributed by atoms with Crippen LogP contribution in [0.5, 0.6) is 0 Å². The summed E-state index contributed by atoms with van der Waals surface area (Å²) >= 11 is 0. The lowest BCUT2D eigenvalue weighted by Gasteiger charge is -2.36. The third kappa shape index (κ3) is 2.85. The Bertz CT molecular complexity index is 438. The molecule has 1 aliphatic rings. The van der Waals surface area contributed by atoms with Crippen molar-refractivity contribution in [2.24, 2.45) is 11.3 Å². The number of pyridine rings is 1. The normalized spacial score (nSPS) is 22.2. The van der Waals surface area contributed by atoms with Gasteiger partial charge in [0.1, 0.15) is 0 Å². The number of hydrogen-bond acceptors (Lipinski definition) is 3. The number of aromatic nitrogens is 1. The van der Waals surface area contributed by atoms with Crippen LogP contribution in [0, 0.1) is 11.3 Å². The first kappa shape index (κ1) is 15.0. The van der Waals surface area contributed by atoms with Gasteiger partial charge in [-0.2, -0.15) is 0 Å². The second kappa shape index (κ2) is 6.35. The molecule has 1 amide bonds. The molecule has 4 heteroatoms. The topological polar surface area (TPSA) is 45.2 Å². The Kier molecular flexibility index (Phi) is 4.76. The van der Waals surface area contributed by atoms with E-state index >= 15 is 0 Å². The Balaban J connectivity index is 2.16. The zero-order valence-corrected chi connectivity index (χ0v) is 12.7. The van der Waals surface area contributed by atoms with Crippen LogP contribution in [-0.2, 0) is 11.3 Å². The van der Waals surface area contributed by atoms with Gasteiger partial charge >= 0.3 is 0 Å². The van der Waals surface area contributed by atoms with Gasteiger partial charge in [0.05, 0.1) is 5.41 Å². The van der Waals surface area contributed by atoms with Crippen LogP contribution in [-0.4, -0.2) is 35.4 Å². The molecule has 1 fully saturated rings. The summed E-state index contributed by atoms with van der Waals surface area (Å²) in [5.74, 6) is 0.647. The molecule has 0 radical (unpaired) electrons. The number of hydrogen-bond donors (Lipinski definition) is 1. The van der Waals surface area contributed by atoms with E-state index in [2.05, 4.69) is 31.1 Å². The molecule has 1 aromatic rings. The minimum Gasteiger partial charge on any atom is -0.338 e. The second-order valence-corrected chi connectivity index (χ2v) is 5.91. The quantitative estimate of drug-likeness (QED) is 0.894. The van der Waals surface area contributed by atoms with Crippen molar-refractivity contribution in [3.8, 4) is 0 Å². The van der Waals surface area contributed by atoms with Gasteiger partial charge in [-0.25, -0.2) is 0 Å². The van der Waals surface area contributed by atoms with E-state index in [0.29, 0.717) is 12.5 Å².